The van der Waals surface area contributed by atoms with Crippen molar-refractivity contribution in [3.63, 3.8) is 0 Å². The number of nitrogens with zero attached hydrogens (tertiary/aromatic N) is 3. The first-order valence-corrected chi connectivity index (χ1v) is 18.2. The van der Waals surface area contributed by atoms with Crippen LogP contribution in [0.3, 0.4) is 0 Å². The minimum absolute atomic E-state index is 0.00284. The van der Waals surface area contributed by atoms with Crippen molar-refractivity contribution in [2.45, 2.75) is 56.0 Å². The van der Waals surface area contributed by atoms with Crippen LogP contribution in [-0.4, -0.2) is 39.7 Å². The Labute approximate surface area is 298 Å². The number of hydrogen-bond donors (Lipinski definition) is 1. The highest BCUT2D eigenvalue weighted by atomic mass is 32.2. The molecular formula is C39H35N3O6S2. The standard InChI is InChI=1S/C39H35N3O6S2/c1-4-46-32-20-27(14-17-31(32)47-21-25-8-6-5-7-9-25)34-33(35(43)28-15-16-30-29(19-28)18-24(3)48-30)36(44)37(45)42(34)38-40-41-39(50-38)49-22-26-12-10-23(2)11-13-26/h5-17,19-20,24,34,43H,4,18,21-22H2,1-3H3. The number of aromatic nitrogens is 2. The third-order valence-corrected chi connectivity index (χ3v) is 10.6. The third-order valence-electron chi connectivity index (χ3n) is 8.52. The van der Waals surface area contributed by atoms with Gasteiger partial charge < -0.3 is 19.3 Å². The lowest BCUT2D eigenvalue weighted by Crippen LogP contribution is -2.29. The number of benzene rings is 4. The number of aliphatic hydroxyl groups excluding tert-OH is 1. The van der Waals surface area contributed by atoms with E-state index in [2.05, 4.69) is 34.5 Å². The Bertz CT molecular complexity index is 2080. The highest BCUT2D eigenvalue weighted by Gasteiger charge is 2.48. The third kappa shape index (κ3) is 6.83. The molecule has 5 aromatic rings. The summed E-state index contributed by atoms with van der Waals surface area (Å²) >= 11 is 2.72. The molecule has 3 heterocycles. The van der Waals surface area contributed by atoms with Gasteiger partial charge in [0.15, 0.2) is 15.8 Å². The zero-order valence-electron chi connectivity index (χ0n) is 27.8. The van der Waals surface area contributed by atoms with Crippen LogP contribution in [0.2, 0.25) is 0 Å². The number of ether oxygens (including phenoxy) is 3. The van der Waals surface area contributed by atoms with E-state index >= 15 is 0 Å². The summed E-state index contributed by atoms with van der Waals surface area (Å²) in [5.74, 6) is 0.464. The summed E-state index contributed by atoms with van der Waals surface area (Å²) in [6.45, 7) is 6.58. The van der Waals surface area contributed by atoms with Crippen LogP contribution < -0.4 is 19.1 Å². The van der Waals surface area contributed by atoms with Crippen LogP contribution in [0.15, 0.2) is 101 Å². The Hall–Kier alpha value is -5.13. The Balaban J connectivity index is 1.27. The molecule has 7 rings (SSSR count). The number of carbonyl (C=O) groups is 2. The molecule has 1 fully saturated rings. The summed E-state index contributed by atoms with van der Waals surface area (Å²) in [7, 11) is 0. The van der Waals surface area contributed by atoms with Gasteiger partial charge in [0.2, 0.25) is 5.13 Å². The smallest absolute Gasteiger partial charge is 0.301 e. The minimum Gasteiger partial charge on any atom is -0.507 e. The number of fused-ring (bicyclic) bond motifs is 1. The van der Waals surface area contributed by atoms with Gasteiger partial charge in [-0.2, -0.15) is 0 Å². The molecule has 1 aromatic heterocycles. The fourth-order valence-corrected chi connectivity index (χ4v) is 7.90. The van der Waals surface area contributed by atoms with Crippen molar-refractivity contribution in [1.29, 1.82) is 0 Å². The van der Waals surface area contributed by atoms with Gasteiger partial charge in [0.1, 0.15) is 24.2 Å². The lowest BCUT2D eigenvalue weighted by Gasteiger charge is -2.24. The number of rotatable bonds is 11. The predicted octanol–water partition coefficient (Wildman–Crippen LogP) is 8.07. The first-order valence-electron chi connectivity index (χ1n) is 16.3. The fraction of sp³-hybridized carbons (Fsp3) is 0.231. The quantitative estimate of drug-likeness (QED) is 0.0480. The molecule has 1 N–H and O–H groups in total. The minimum atomic E-state index is -1.01. The van der Waals surface area contributed by atoms with Gasteiger partial charge >= 0.3 is 5.91 Å². The number of hydrogen-bond acceptors (Lipinski definition) is 10. The molecule has 1 amide bonds. The van der Waals surface area contributed by atoms with Crippen LogP contribution in [0, 0.1) is 6.92 Å². The van der Waals surface area contributed by atoms with E-state index in [0.29, 0.717) is 52.4 Å². The number of carbonyl (C=O) groups excluding carboxylic acids is 2. The maximum Gasteiger partial charge on any atom is 0.301 e. The van der Waals surface area contributed by atoms with Crippen LogP contribution in [0.1, 0.15) is 53.3 Å². The second-order valence-corrected chi connectivity index (χ2v) is 14.3. The number of ketones is 1. The Morgan fingerprint density at radius 1 is 0.960 bits per heavy atom. The van der Waals surface area contributed by atoms with Gasteiger partial charge in [0.05, 0.1) is 18.2 Å². The zero-order chi connectivity index (χ0) is 34.8. The van der Waals surface area contributed by atoms with Crippen LogP contribution in [0.4, 0.5) is 5.13 Å². The van der Waals surface area contributed by atoms with Gasteiger partial charge in [-0.1, -0.05) is 89.3 Å². The molecule has 0 aliphatic carbocycles. The average molecular weight is 706 g/mol. The molecule has 9 nitrogen and oxygen atoms in total. The van der Waals surface area contributed by atoms with Gasteiger partial charge in [-0.15, -0.1) is 10.2 Å². The molecule has 4 aromatic carbocycles. The van der Waals surface area contributed by atoms with E-state index in [4.69, 9.17) is 14.2 Å². The number of aliphatic hydroxyl groups is 1. The van der Waals surface area contributed by atoms with Gasteiger partial charge in [0, 0.05) is 17.7 Å². The van der Waals surface area contributed by atoms with E-state index in [1.807, 2.05) is 57.2 Å². The number of anilines is 1. The van der Waals surface area contributed by atoms with E-state index in [1.165, 1.54) is 33.6 Å². The summed E-state index contributed by atoms with van der Waals surface area (Å²) in [6.07, 6.45) is 0.674. The van der Waals surface area contributed by atoms with Gasteiger partial charge in [-0.25, -0.2) is 0 Å². The van der Waals surface area contributed by atoms with E-state index in [-0.39, 0.29) is 22.6 Å². The molecule has 2 atom stereocenters. The summed E-state index contributed by atoms with van der Waals surface area (Å²) < 4.78 is 18.7. The topological polar surface area (TPSA) is 111 Å². The van der Waals surface area contributed by atoms with Gasteiger partial charge in [-0.3, -0.25) is 14.5 Å². The lowest BCUT2D eigenvalue weighted by molar-refractivity contribution is -0.132. The highest BCUT2D eigenvalue weighted by molar-refractivity contribution is 8.00. The van der Waals surface area contributed by atoms with Crippen LogP contribution in [-0.2, 0) is 28.4 Å². The first-order chi connectivity index (χ1) is 24.3. The molecule has 0 bridgehead atoms. The Kier molecular flexibility index (Phi) is 9.60. The maximum absolute atomic E-state index is 13.9. The zero-order valence-corrected chi connectivity index (χ0v) is 29.4. The molecule has 2 aliphatic heterocycles. The molecule has 50 heavy (non-hydrogen) atoms. The summed E-state index contributed by atoms with van der Waals surface area (Å²) in [5, 5.41) is 20.8. The van der Waals surface area contributed by atoms with E-state index in [1.54, 1.807) is 30.3 Å². The van der Waals surface area contributed by atoms with Crippen molar-refractivity contribution in [2.75, 3.05) is 11.5 Å². The predicted molar refractivity (Wildman–Crippen MR) is 194 cm³/mol. The summed E-state index contributed by atoms with van der Waals surface area (Å²) in [6, 6.07) is 27.6. The maximum atomic E-state index is 13.9. The SMILES string of the molecule is CCOc1cc(C2C(=C(O)c3ccc4c(c3)CC(C)O4)C(=O)C(=O)N2c2nnc(SCc3ccc(C)cc3)s2)ccc1OCc1ccccc1. The highest BCUT2D eigenvalue weighted by Crippen LogP contribution is 2.46. The van der Waals surface area contributed by atoms with Crippen molar-refractivity contribution in [3.05, 3.63) is 130 Å². The molecule has 0 saturated carbocycles. The lowest BCUT2D eigenvalue weighted by atomic mass is 9.94. The van der Waals surface area contributed by atoms with Crippen molar-refractivity contribution in [2.24, 2.45) is 0 Å². The number of aryl methyl sites for hydroxylation is 1. The van der Waals surface area contributed by atoms with Crippen molar-refractivity contribution in [1.82, 2.24) is 10.2 Å². The molecule has 0 spiro atoms. The molecule has 11 heteroatoms. The molecule has 0 radical (unpaired) electrons. The van der Waals surface area contributed by atoms with Crippen molar-refractivity contribution in [3.8, 4) is 17.2 Å². The van der Waals surface area contributed by atoms with Crippen molar-refractivity contribution >= 4 is 45.7 Å². The second kappa shape index (κ2) is 14.4. The van der Waals surface area contributed by atoms with Crippen LogP contribution in [0.5, 0.6) is 17.2 Å². The number of Topliss-reactive ketones (excluding diaryl/α,β-unsaturated/α-hetero) is 1. The molecule has 2 unspecified atom stereocenters. The molecule has 1 saturated heterocycles. The van der Waals surface area contributed by atoms with E-state index < -0.39 is 17.7 Å². The number of amides is 1. The molecular weight excluding hydrogens is 671 g/mol. The largest absolute Gasteiger partial charge is 0.507 e. The Morgan fingerprint density at radius 2 is 1.76 bits per heavy atom. The monoisotopic (exact) mass is 705 g/mol. The second-order valence-electron chi connectivity index (χ2n) is 12.2. The summed E-state index contributed by atoms with van der Waals surface area (Å²) in [4.78, 5) is 29.2. The number of thioether (sulfide) groups is 1. The Morgan fingerprint density at radius 3 is 2.54 bits per heavy atom. The average Bonchev–Trinajstić information content (AvgIpc) is 3.82. The molecule has 254 valence electrons. The normalized spacial score (nSPS) is 17.9. The van der Waals surface area contributed by atoms with Gasteiger partial charge in [0.25, 0.3) is 5.78 Å². The molecule has 2 aliphatic rings. The van der Waals surface area contributed by atoms with Crippen LogP contribution >= 0.6 is 23.1 Å². The van der Waals surface area contributed by atoms with E-state index in [9.17, 15) is 14.7 Å². The first kappa shape index (κ1) is 33.4. The van der Waals surface area contributed by atoms with Crippen molar-refractivity contribution < 1.29 is 28.9 Å². The summed E-state index contributed by atoms with van der Waals surface area (Å²) in [5.41, 5.74) is 5.14. The van der Waals surface area contributed by atoms with Crippen LogP contribution in [0.25, 0.3) is 5.76 Å². The fourth-order valence-electron chi connectivity index (χ4n) is 6.08. The van der Waals surface area contributed by atoms with Gasteiger partial charge in [-0.05, 0) is 73.4 Å². The van der Waals surface area contributed by atoms with E-state index in [0.717, 1.165) is 22.4 Å².